The molecule has 0 spiro atoms. The number of thiazole rings is 1. The molecule has 11 heteroatoms. The number of benzene rings is 2. The number of nitrogens with zero attached hydrogens (tertiary/aromatic N) is 1. The molecular formula is C17H13BrN4O3S3. The van der Waals surface area contributed by atoms with Crippen molar-refractivity contribution in [2.45, 2.75) is 4.90 Å². The molecule has 3 aromatic rings. The van der Waals surface area contributed by atoms with Gasteiger partial charge in [-0.05, 0) is 64.5 Å². The molecule has 7 nitrogen and oxygen atoms in total. The lowest BCUT2D eigenvalue weighted by atomic mass is 10.2. The van der Waals surface area contributed by atoms with E-state index in [-0.39, 0.29) is 21.0 Å². The van der Waals surface area contributed by atoms with E-state index in [1.807, 2.05) is 0 Å². The van der Waals surface area contributed by atoms with E-state index in [0.717, 1.165) is 0 Å². The Morgan fingerprint density at radius 1 is 1.11 bits per heavy atom. The van der Waals surface area contributed by atoms with Gasteiger partial charge in [0.25, 0.3) is 15.9 Å². The van der Waals surface area contributed by atoms with E-state index in [2.05, 4.69) is 36.3 Å². The molecule has 0 bridgehead atoms. The molecule has 0 aliphatic carbocycles. The molecule has 1 aromatic heterocycles. The highest BCUT2D eigenvalue weighted by Gasteiger charge is 2.16. The normalized spacial score (nSPS) is 10.9. The molecule has 3 N–H and O–H groups in total. The minimum atomic E-state index is -3.73. The SMILES string of the molecule is O=C(NC(=S)Nc1ccc(S(=O)(=O)Nc2nccs2)cc1)c1ccccc1Br. The van der Waals surface area contributed by atoms with Crippen molar-refractivity contribution in [3.05, 3.63) is 70.1 Å². The van der Waals surface area contributed by atoms with Crippen LogP contribution in [-0.4, -0.2) is 24.4 Å². The summed E-state index contributed by atoms with van der Waals surface area (Å²) < 4.78 is 27.7. The van der Waals surface area contributed by atoms with Gasteiger partial charge in [-0.15, -0.1) is 11.3 Å². The number of amides is 1. The second-order valence-electron chi connectivity index (χ2n) is 5.36. The zero-order valence-corrected chi connectivity index (χ0v) is 18.1. The Hall–Kier alpha value is -2.34. The number of nitrogens with one attached hydrogen (secondary N) is 3. The number of carbonyl (C=O) groups is 1. The Morgan fingerprint density at radius 3 is 2.46 bits per heavy atom. The predicted octanol–water partition coefficient (Wildman–Crippen LogP) is 3.83. The minimum Gasteiger partial charge on any atom is -0.332 e. The summed E-state index contributed by atoms with van der Waals surface area (Å²) in [5.74, 6) is -0.364. The number of hydrogen-bond acceptors (Lipinski definition) is 6. The number of aromatic nitrogens is 1. The maximum Gasteiger partial charge on any atom is 0.263 e. The highest BCUT2D eigenvalue weighted by molar-refractivity contribution is 9.10. The molecule has 2 aromatic carbocycles. The average molecular weight is 497 g/mol. The summed E-state index contributed by atoms with van der Waals surface area (Å²) in [6.45, 7) is 0. The molecule has 1 amide bonds. The van der Waals surface area contributed by atoms with Gasteiger partial charge in [0.1, 0.15) is 0 Å². The number of anilines is 2. The third-order valence-corrected chi connectivity index (χ3v) is 6.49. The van der Waals surface area contributed by atoms with Crippen LogP contribution in [0.2, 0.25) is 0 Å². The van der Waals surface area contributed by atoms with Crippen LogP contribution in [0.3, 0.4) is 0 Å². The van der Waals surface area contributed by atoms with Crippen LogP contribution in [-0.2, 0) is 10.0 Å². The van der Waals surface area contributed by atoms with Crippen molar-refractivity contribution in [2.24, 2.45) is 0 Å². The average Bonchev–Trinajstić information content (AvgIpc) is 3.14. The quantitative estimate of drug-likeness (QED) is 0.464. The van der Waals surface area contributed by atoms with Crippen molar-refractivity contribution in [2.75, 3.05) is 10.0 Å². The van der Waals surface area contributed by atoms with Crippen molar-refractivity contribution in [3.63, 3.8) is 0 Å². The Kier molecular flexibility index (Phi) is 6.39. The maximum atomic E-state index is 12.3. The third-order valence-electron chi connectivity index (χ3n) is 3.42. The van der Waals surface area contributed by atoms with Gasteiger partial charge < -0.3 is 5.32 Å². The zero-order valence-electron chi connectivity index (χ0n) is 14.0. The van der Waals surface area contributed by atoms with Crippen LogP contribution < -0.4 is 15.4 Å². The van der Waals surface area contributed by atoms with E-state index >= 15 is 0 Å². The van der Waals surface area contributed by atoms with Crippen LogP contribution in [0.25, 0.3) is 0 Å². The lowest BCUT2D eigenvalue weighted by Gasteiger charge is -2.11. The molecule has 144 valence electrons. The van der Waals surface area contributed by atoms with Crippen molar-refractivity contribution >= 4 is 71.3 Å². The van der Waals surface area contributed by atoms with E-state index in [4.69, 9.17) is 12.2 Å². The minimum absolute atomic E-state index is 0.0800. The Bertz CT molecular complexity index is 1100. The maximum absolute atomic E-state index is 12.3. The van der Waals surface area contributed by atoms with E-state index < -0.39 is 10.0 Å². The topological polar surface area (TPSA) is 100 Å². The Morgan fingerprint density at radius 2 is 1.82 bits per heavy atom. The summed E-state index contributed by atoms with van der Waals surface area (Å²) in [7, 11) is -3.73. The summed E-state index contributed by atoms with van der Waals surface area (Å²) in [4.78, 5) is 16.2. The molecule has 3 rings (SSSR count). The number of thiocarbonyl (C=S) groups is 1. The van der Waals surface area contributed by atoms with Crippen LogP contribution in [0.5, 0.6) is 0 Å². The fraction of sp³-hybridized carbons (Fsp3) is 0. The summed E-state index contributed by atoms with van der Waals surface area (Å²) >= 11 is 9.64. The largest absolute Gasteiger partial charge is 0.332 e. The summed E-state index contributed by atoms with van der Waals surface area (Å²) in [6, 6.07) is 12.9. The third kappa shape index (κ3) is 5.13. The molecule has 0 unspecified atom stereocenters. The summed E-state index contributed by atoms with van der Waals surface area (Å²) in [5.41, 5.74) is 0.979. The molecule has 0 atom stereocenters. The van der Waals surface area contributed by atoms with Gasteiger partial charge in [0.2, 0.25) is 0 Å². The van der Waals surface area contributed by atoms with Crippen LogP contribution >= 0.6 is 39.5 Å². The summed E-state index contributed by atoms with van der Waals surface area (Å²) in [6.07, 6.45) is 1.51. The van der Waals surface area contributed by atoms with Crippen molar-refractivity contribution < 1.29 is 13.2 Å². The summed E-state index contributed by atoms with van der Waals surface area (Å²) in [5, 5.41) is 7.48. The van der Waals surface area contributed by atoms with Crippen molar-refractivity contribution in [1.29, 1.82) is 0 Å². The number of carbonyl (C=O) groups excluding carboxylic acids is 1. The highest BCUT2D eigenvalue weighted by atomic mass is 79.9. The number of halogens is 1. The second-order valence-corrected chi connectivity index (χ2v) is 9.19. The van der Waals surface area contributed by atoms with E-state index in [1.165, 1.54) is 29.7 Å². The van der Waals surface area contributed by atoms with Crippen LogP contribution in [0.1, 0.15) is 10.4 Å². The van der Waals surface area contributed by atoms with Gasteiger partial charge in [-0.2, -0.15) is 0 Å². The smallest absolute Gasteiger partial charge is 0.263 e. The van der Waals surface area contributed by atoms with Gasteiger partial charge in [0.15, 0.2) is 10.2 Å². The van der Waals surface area contributed by atoms with Gasteiger partial charge in [-0.25, -0.2) is 13.4 Å². The van der Waals surface area contributed by atoms with E-state index in [9.17, 15) is 13.2 Å². The van der Waals surface area contributed by atoms with Gasteiger partial charge in [0, 0.05) is 21.7 Å². The molecular weight excluding hydrogens is 484 g/mol. The molecule has 0 aliphatic heterocycles. The fourth-order valence-electron chi connectivity index (χ4n) is 2.14. The monoisotopic (exact) mass is 496 g/mol. The molecule has 0 radical (unpaired) electrons. The zero-order chi connectivity index (χ0) is 20.1. The Balaban J connectivity index is 1.63. The highest BCUT2D eigenvalue weighted by Crippen LogP contribution is 2.20. The van der Waals surface area contributed by atoms with Gasteiger partial charge in [-0.1, -0.05) is 12.1 Å². The number of rotatable bonds is 5. The first kappa shape index (κ1) is 20.4. The number of sulfonamides is 1. The molecule has 1 heterocycles. The molecule has 0 fully saturated rings. The van der Waals surface area contributed by atoms with Gasteiger partial charge >= 0.3 is 0 Å². The predicted molar refractivity (Wildman–Crippen MR) is 117 cm³/mol. The molecule has 0 saturated carbocycles. The molecule has 0 saturated heterocycles. The van der Waals surface area contributed by atoms with E-state index in [0.29, 0.717) is 15.7 Å². The lowest BCUT2D eigenvalue weighted by molar-refractivity contribution is 0.0977. The van der Waals surface area contributed by atoms with Gasteiger partial charge in [0.05, 0.1) is 10.5 Å². The Labute approximate surface area is 179 Å². The van der Waals surface area contributed by atoms with Crippen LogP contribution in [0.4, 0.5) is 10.8 Å². The van der Waals surface area contributed by atoms with E-state index in [1.54, 1.807) is 41.8 Å². The van der Waals surface area contributed by atoms with Crippen molar-refractivity contribution in [1.82, 2.24) is 10.3 Å². The van der Waals surface area contributed by atoms with Crippen molar-refractivity contribution in [3.8, 4) is 0 Å². The lowest BCUT2D eigenvalue weighted by Crippen LogP contribution is -2.34. The fourth-order valence-corrected chi connectivity index (χ4v) is 4.61. The second kappa shape index (κ2) is 8.78. The standard InChI is InChI=1S/C17H13BrN4O3S3/c18-14-4-2-1-3-13(14)15(23)21-16(26)20-11-5-7-12(8-6-11)28(24,25)22-17-19-9-10-27-17/h1-10H,(H,19,22)(H2,20,21,23,26). The van der Waals surface area contributed by atoms with Crippen LogP contribution in [0, 0.1) is 0 Å². The number of hydrogen-bond donors (Lipinski definition) is 3. The first-order chi connectivity index (χ1) is 13.3. The first-order valence-corrected chi connectivity index (χ1v) is 11.3. The molecule has 0 aliphatic rings. The first-order valence-electron chi connectivity index (χ1n) is 7.74. The molecule has 28 heavy (non-hydrogen) atoms. The van der Waals surface area contributed by atoms with Gasteiger partial charge in [-0.3, -0.25) is 14.8 Å². The van der Waals surface area contributed by atoms with Crippen LogP contribution in [0.15, 0.2) is 69.5 Å².